The molecule has 1 N–H and O–H groups in total. The number of hydrogen-bond acceptors (Lipinski definition) is 3. The van der Waals surface area contributed by atoms with Crippen molar-refractivity contribution in [3.63, 3.8) is 0 Å². The van der Waals surface area contributed by atoms with Crippen LogP contribution in [0.15, 0.2) is 23.8 Å². The summed E-state index contributed by atoms with van der Waals surface area (Å²) in [6, 6.07) is 5.12. The third-order valence-corrected chi connectivity index (χ3v) is 2.07. The van der Waals surface area contributed by atoms with E-state index in [-0.39, 0.29) is 16.3 Å². The van der Waals surface area contributed by atoms with Gasteiger partial charge >= 0.3 is 12.6 Å². The van der Waals surface area contributed by atoms with Crippen LogP contribution < -0.4 is 4.74 Å². The Labute approximate surface area is 106 Å². The number of nitriles is 1. The third-order valence-electron chi connectivity index (χ3n) is 1.84. The maximum Gasteiger partial charge on any atom is 0.387 e. The average Bonchev–Trinajstić information content (AvgIpc) is 2.28. The number of alkyl halides is 2. The van der Waals surface area contributed by atoms with Crippen LogP contribution in [-0.4, -0.2) is 17.7 Å². The lowest BCUT2D eigenvalue weighted by Gasteiger charge is -2.08. The number of rotatable bonds is 4. The Kier molecular flexibility index (Phi) is 4.63. The summed E-state index contributed by atoms with van der Waals surface area (Å²) in [5.41, 5.74) is -0.627. The molecule has 0 fully saturated rings. The summed E-state index contributed by atoms with van der Waals surface area (Å²) in [6.45, 7) is -3.06. The first-order valence-electron chi connectivity index (χ1n) is 4.53. The molecule has 0 saturated carbocycles. The summed E-state index contributed by atoms with van der Waals surface area (Å²) in [5, 5.41) is 17.4. The number of benzene rings is 1. The lowest BCUT2D eigenvalue weighted by Crippen LogP contribution is -2.04. The molecule has 0 saturated heterocycles. The fourth-order valence-electron chi connectivity index (χ4n) is 1.13. The minimum absolute atomic E-state index is 0.0123. The Morgan fingerprint density at radius 3 is 2.72 bits per heavy atom. The zero-order chi connectivity index (χ0) is 13.7. The van der Waals surface area contributed by atoms with E-state index in [0.717, 1.165) is 12.1 Å². The van der Waals surface area contributed by atoms with Gasteiger partial charge in [-0.2, -0.15) is 14.0 Å². The Morgan fingerprint density at radius 1 is 1.56 bits per heavy atom. The van der Waals surface area contributed by atoms with Gasteiger partial charge in [0, 0.05) is 10.6 Å². The lowest BCUT2D eigenvalue weighted by molar-refractivity contribution is -0.132. The van der Waals surface area contributed by atoms with Gasteiger partial charge in [0.15, 0.2) is 0 Å². The number of carbonyl (C=O) groups is 1. The van der Waals surface area contributed by atoms with Crippen LogP contribution >= 0.6 is 11.6 Å². The molecule has 1 aromatic carbocycles. The predicted octanol–water partition coefficient (Wildman–Crippen LogP) is 2.93. The summed E-state index contributed by atoms with van der Waals surface area (Å²) in [5.74, 6) is -1.73. The van der Waals surface area contributed by atoms with Crippen molar-refractivity contribution in [2.45, 2.75) is 6.61 Å². The lowest BCUT2D eigenvalue weighted by atomic mass is 10.1. The number of carboxylic acid groups (broad SMARTS) is 1. The topological polar surface area (TPSA) is 70.3 Å². The van der Waals surface area contributed by atoms with Crippen molar-refractivity contribution in [1.29, 1.82) is 5.26 Å². The second-order valence-corrected chi connectivity index (χ2v) is 3.47. The van der Waals surface area contributed by atoms with Gasteiger partial charge in [0.1, 0.15) is 17.4 Å². The van der Waals surface area contributed by atoms with E-state index >= 15 is 0 Å². The second-order valence-electron chi connectivity index (χ2n) is 3.04. The molecule has 4 nitrogen and oxygen atoms in total. The average molecular weight is 274 g/mol. The van der Waals surface area contributed by atoms with Crippen molar-refractivity contribution in [1.82, 2.24) is 0 Å². The van der Waals surface area contributed by atoms with Gasteiger partial charge in [-0.3, -0.25) is 0 Å². The number of halogens is 3. The molecule has 0 aliphatic rings. The van der Waals surface area contributed by atoms with Crippen LogP contribution in [0.2, 0.25) is 5.02 Å². The molecule has 7 heteroatoms. The van der Waals surface area contributed by atoms with Crippen LogP contribution in [0.5, 0.6) is 5.75 Å². The molecule has 18 heavy (non-hydrogen) atoms. The Balaban J connectivity index is 3.25. The third kappa shape index (κ3) is 3.71. The molecular weight excluding hydrogens is 268 g/mol. The van der Waals surface area contributed by atoms with E-state index in [2.05, 4.69) is 4.74 Å². The zero-order valence-electron chi connectivity index (χ0n) is 8.73. The van der Waals surface area contributed by atoms with Crippen molar-refractivity contribution in [3.8, 4) is 11.8 Å². The fraction of sp³-hybridized carbons (Fsp3) is 0.0909. The molecule has 0 aromatic heterocycles. The van der Waals surface area contributed by atoms with Crippen LogP contribution in [0.1, 0.15) is 5.56 Å². The van der Waals surface area contributed by atoms with Gasteiger partial charge in [-0.15, -0.1) is 0 Å². The number of hydrogen-bond donors (Lipinski definition) is 1. The van der Waals surface area contributed by atoms with Gasteiger partial charge in [-0.1, -0.05) is 11.6 Å². The minimum atomic E-state index is -3.06. The summed E-state index contributed by atoms with van der Waals surface area (Å²) >= 11 is 5.66. The van der Waals surface area contributed by atoms with Crippen LogP contribution in [0.4, 0.5) is 8.78 Å². The number of ether oxygens (including phenoxy) is 1. The van der Waals surface area contributed by atoms with Crippen molar-refractivity contribution in [2.24, 2.45) is 0 Å². The quantitative estimate of drug-likeness (QED) is 0.676. The van der Waals surface area contributed by atoms with Gasteiger partial charge in [-0.05, 0) is 24.3 Å². The molecule has 1 rings (SSSR count). The largest absolute Gasteiger partial charge is 0.477 e. The number of nitrogens with zero attached hydrogens (tertiary/aromatic N) is 1. The molecule has 0 bridgehead atoms. The molecule has 0 aliphatic carbocycles. The van der Waals surface area contributed by atoms with Crippen LogP contribution in [0.25, 0.3) is 6.08 Å². The Hall–Kier alpha value is -2.13. The second kappa shape index (κ2) is 5.98. The molecular formula is C11H6ClF2NO3. The highest BCUT2D eigenvalue weighted by Gasteiger charge is 2.12. The first-order chi connectivity index (χ1) is 8.43. The fourth-order valence-corrected chi connectivity index (χ4v) is 1.31. The van der Waals surface area contributed by atoms with Crippen molar-refractivity contribution in [3.05, 3.63) is 34.4 Å². The molecule has 1 aromatic rings. The molecule has 0 heterocycles. The first-order valence-corrected chi connectivity index (χ1v) is 4.91. The van der Waals surface area contributed by atoms with E-state index in [1.54, 1.807) is 0 Å². The van der Waals surface area contributed by atoms with E-state index in [9.17, 15) is 13.6 Å². The molecule has 0 aliphatic heterocycles. The number of carboxylic acids is 1. The normalized spacial score (nSPS) is 11.2. The van der Waals surface area contributed by atoms with Gasteiger partial charge < -0.3 is 9.84 Å². The monoisotopic (exact) mass is 273 g/mol. The molecule has 94 valence electrons. The molecule has 0 amide bonds. The Morgan fingerprint density at radius 2 is 2.22 bits per heavy atom. The van der Waals surface area contributed by atoms with Crippen molar-refractivity contribution < 1.29 is 23.4 Å². The zero-order valence-corrected chi connectivity index (χ0v) is 9.49. The van der Waals surface area contributed by atoms with E-state index in [4.69, 9.17) is 22.0 Å². The molecule has 0 radical (unpaired) electrons. The van der Waals surface area contributed by atoms with E-state index in [0.29, 0.717) is 0 Å². The summed E-state index contributed by atoms with van der Waals surface area (Å²) < 4.78 is 28.4. The standard InChI is InChI=1S/C11H6ClF2NO3/c12-8-1-2-9(18-11(13)14)6(4-8)3-7(5-15)10(16)17/h1-4,11H,(H,16,17)/b7-3+. The van der Waals surface area contributed by atoms with Gasteiger partial charge in [0.25, 0.3) is 0 Å². The van der Waals surface area contributed by atoms with Crippen LogP contribution in [-0.2, 0) is 4.79 Å². The highest BCUT2D eigenvalue weighted by atomic mass is 35.5. The van der Waals surface area contributed by atoms with Crippen LogP contribution in [0.3, 0.4) is 0 Å². The predicted molar refractivity (Wildman–Crippen MR) is 59.3 cm³/mol. The molecule has 0 atom stereocenters. The number of aliphatic carboxylic acids is 1. The molecule has 0 unspecified atom stereocenters. The SMILES string of the molecule is N#C/C(=C\c1cc(Cl)ccc1OC(F)F)C(=O)O. The van der Waals surface area contributed by atoms with Gasteiger partial charge in [0.2, 0.25) is 0 Å². The van der Waals surface area contributed by atoms with Crippen LogP contribution in [0, 0.1) is 11.3 Å². The van der Waals surface area contributed by atoms with Gasteiger partial charge in [0.05, 0.1) is 0 Å². The maximum atomic E-state index is 12.1. The summed E-state index contributed by atoms with van der Waals surface area (Å²) in [7, 11) is 0. The first kappa shape index (κ1) is 13.9. The minimum Gasteiger partial charge on any atom is -0.477 e. The smallest absolute Gasteiger partial charge is 0.387 e. The highest BCUT2D eigenvalue weighted by Crippen LogP contribution is 2.26. The highest BCUT2D eigenvalue weighted by molar-refractivity contribution is 6.30. The maximum absolute atomic E-state index is 12.1. The van der Waals surface area contributed by atoms with E-state index in [1.807, 2.05) is 0 Å². The van der Waals surface area contributed by atoms with Crippen molar-refractivity contribution in [2.75, 3.05) is 0 Å². The Bertz CT molecular complexity index is 538. The molecule has 0 spiro atoms. The van der Waals surface area contributed by atoms with E-state index in [1.165, 1.54) is 18.2 Å². The summed E-state index contributed by atoms with van der Waals surface area (Å²) in [4.78, 5) is 10.6. The van der Waals surface area contributed by atoms with E-state index < -0.39 is 18.2 Å². The van der Waals surface area contributed by atoms with Gasteiger partial charge in [-0.25, -0.2) is 4.79 Å². The van der Waals surface area contributed by atoms with Crippen molar-refractivity contribution >= 4 is 23.6 Å². The summed E-state index contributed by atoms with van der Waals surface area (Å²) in [6.07, 6.45) is 0.909.